The number of aromatic nitrogens is 1. The topological polar surface area (TPSA) is 92.3 Å². The number of hydrogen-bond donors (Lipinski definition) is 3. The van der Waals surface area contributed by atoms with Crippen molar-refractivity contribution in [1.82, 2.24) is 4.98 Å². The number of ether oxygens (including phenoxy) is 1. The van der Waals surface area contributed by atoms with E-state index >= 15 is 0 Å². The van der Waals surface area contributed by atoms with Crippen LogP contribution >= 0.6 is 11.3 Å². The first kappa shape index (κ1) is 21.3. The molecule has 0 fully saturated rings. The quantitative estimate of drug-likeness (QED) is 0.498. The molecule has 8 heteroatoms. The van der Waals surface area contributed by atoms with Gasteiger partial charge in [-0.05, 0) is 67.8 Å². The molecule has 7 nitrogen and oxygen atoms in total. The standard InChI is InChI=1S/C22H24N4O3S/c1-14-4-5-17(12-15(14)2)23-20(27)11-8-18-13-30-22(25-18)26-21(28)24-16-6-9-19(29-3)10-7-16/h4-7,9-10,12-13H,8,11H2,1-3H3,(H,23,27)(H2,24,25,26,28). The summed E-state index contributed by atoms with van der Waals surface area (Å²) >= 11 is 1.32. The minimum absolute atomic E-state index is 0.0713. The van der Waals surface area contributed by atoms with Crippen LogP contribution in [0.5, 0.6) is 5.75 Å². The largest absolute Gasteiger partial charge is 0.497 e. The molecule has 0 radical (unpaired) electrons. The first-order chi connectivity index (χ1) is 14.4. The van der Waals surface area contributed by atoms with E-state index in [0.717, 1.165) is 16.9 Å². The summed E-state index contributed by atoms with van der Waals surface area (Å²) in [6.45, 7) is 4.05. The number of nitrogens with zero attached hydrogens (tertiary/aromatic N) is 1. The van der Waals surface area contributed by atoms with Crippen LogP contribution in [-0.2, 0) is 11.2 Å². The molecule has 0 saturated heterocycles. The first-order valence-corrected chi connectivity index (χ1v) is 10.3. The van der Waals surface area contributed by atoms with Crippen molar-refractivity contribution in [2.75, 3.05) is 23.1 Å². The Morgan fingerprint density at radius 1 is 0.967 bits per heavy atom. The van der Waals surface area contributed by atoms with Crippen LogP contribution in [0.25, 0.3) is 0 Å². The van der Waals surface area contributed by atoms with Crippen molar-refractivity contribution in [3.63, 3.8) is 0 Å². The van der Waals surface area contributed by atoms with Gasteiger partial charge in [0, 0.05) is 23.2 Å². The highest BCUT2D eigenvalue weighted by molar-refractivity contribution is 7.13. The fraction of sp³-hybridized carbons (Fsp3) is 0.227. The van der Waals surface area contributed by atoms with Gasteiger partial charge < -0.3 is 15.4 Å². The van der Waals surface area contributed by atoms with Gasteiger partial charge in [0.25, 0.3) is 0 Å². The fourth-order valence-electron chi connectivity index (χ4n) is 2.70. The Hall–Kier alpha value is -3.39. The maximum absolute atomic E-state index is 12.2. The monoisotopic (exact) mass is 424 g/mol. The molecule has 0 aliphatic rings. The van der Waals surface area contributed by atoms with Crippen molar-refractivity contribution in [3.8, 4) is 5.75 Å². The number of carbonyl (C=O) groups excluding carboxylic acids is 2. The number of aryl methyl sites for hydroxylation is 3. The molecule has 2 aromatic carbocycles. The predicted octanol–water partition coefficient (Wildman–Crippen LogP) is 4.98. The van der Waals surface area contributed by atoms with Gasteiger partial charge in [-0.15, -0.1) is 11.3 Å². The third-order valence-corrected chi connectivity index (χ3v) is 5.33. The van der Waals surface area contributed by atoms with E-state index in [1.54, 1.807) is 31.4 Å². The molecule has 0 bridgehead atoms. The average Bonchev–Trinajstić information content (AvgIpc) is 3.17. The van der Waals surface area contributed by atoms with Gasteiger partial charge in [-0.3, -0.25) is 10.1 Å². The second-order valence-corrected chi connectivity index (χ2v) is 7.66. The molecule has 0 spiro atoms. The van der Waals surface area contributed by atoms with E-state index in [4.69, 9.17) is 4.74 Å². The van der Waals surface area contributed by atoms with E-state index in [2.05, 4.69) is 20.9 Å². The lowest BCUT2D eigenvalue weighted by Crippen LogP contribution is -2.19. The van der Waals surface area contributed by atoms with Crippen LogP contribution in [0, 0.1) is 13.8 Å². The van der Waals surface area contributed by atoms with Gasteiger partial charge in [0.2, 0.25) is 5.91 Å². The van der Waals surface area contributed by atoms with Crippen molar-refractivity contribution in [2.24, 2.45) is 0 Å². The molecule has 1 aromatic heterocycles. The minimum atomic E-state index is -0.381. The van der Waals surface area contributed by atoms with Crippen molar-refractivity contribution >= 4 is 39.8 Å². The zero-order chi connectivity index (χ0) is 21.5. The van der Waals surface area contributed by atoms with E-state index in [9.17, 15) is 9.59 Å². The van der Waals surface area contributed by atoms with Crippen LogP contribution < -0.4 is 20.7 Å². The molecule has 3 rings (SSSR count). The summed E-state index contributed by atoms with van der Waals surface area (Å²) in [6.07, 6.45) is 0.809. The van der Waals surface area contributed by atoms with Gasteiger partial charge in [0.05, 0.1) is 12.8 Å². The van der Waals surface area contributed by atoms with Crippen molar-refractivity contribution in [2.45, 2.75) is 26.7 Å². The molecule has 3 aromatic rings. The molecule has 0 aliphatic heterocycles. The maximum atomic E-state index is 12.2. The highest BCUT2D eigenvalue weighted by Crippen LogP contribution is 2.19. The molecule has 1 heterocycles. The van der Waals surface area contributed by atoms with E-state index in [1.165, 1.54) is 16.9 Å². The van der Waals surface area contributed by atoms with Crippen molar-refractivity contribution < 1.29 is 14.3 Å². The number of amides is 3. The van der Waals surface area contributed by atoms with Crippen molar-refractivity contribution in [3.05, 3.63) is 64.7 Å². The van der Waals surface area contributed by atoms with E-state index < -0.39 is 0 Å². The molecule has 156 valence electrons. The Balaban J connectivity index is 1.46. The lowest BCUT2D eigenvalue weighted by atomic mass is 10.1. The van der Waals surface area contributed by atoms with Gasteiger partial charge in [-0.1, -0.05) is 6.07 Å². The number of carbonyl (C=O) groups is 2. The fourth-order valence-corrected chi connectivity index (χ4v) is 3.44. The summed E-state index contributed by atoms with van der Waals surface area (Å²) in [5.41, 5.74) is 4.52. The van der Waals surface area contributed by atoms with Gasteiger partial charge in [-0.25, -0.2) is 9.78 Å². The normalized spacial score (nSPS) is 10.4. The van der Waals surface area contributed by atoms with E-state index in [0.29, 0.717) is 29.4 Å². The number of urea groups is 1. The van der Waals surface area contributed by atoms with Gasteiger partial charge in [0.15, 0.2) is 5.13 Å². The number of anilines is 3. The second kappa shape index (κ2) is 9.89. The highest BCUT2D eigenvalue weighted by Gasteiger charge is 2.09. The zero-order valence-corrected chi connectivity index (χ0v) is 17.9. The van der Waals surface area contributed by atoms with E-state index in [1.807, 2.05) is 37.4 Å². The molecule has 0 saturated carbocycles. The van der Waals surface area contributed by atoms with Crippen LogP contribution in [0.15, 0.2) is 47.8 Å². The first-order valence-electron chi connectivity index (χ1n) is 9.46. The smallest absolute Gasteiger partial charge is 0.325 e. The van der Waals surface area contributed by atoms with Crippen LogP contribution in [0.4, 0.5) is 21.3 Å². The number of thiazole rings is 1. The summed E-state index contributed by atoms with van der Waals surface area (Å²) in [5, 5.41) is 10.7. The molecular formula is C22H24N4O3S. The number of hydrogen-bond acceptors (Lipinski definition) is 5. The van der Waals surface area contributed by atoms with Crippen LogP contribution in [0.2, 0.25) is 0 Å². The average molecular weight is 425 g/mol. The Morgan fingerprint density at radius 2 is 1.70 bits per heavy atom. The Kier molecular flexibility index (Phi) is 7.03. The summed E-state index contributed by atoms with van der Waals surface area (Å²) < 4.78 is 5.09. The van der Waals surface area contributed by atoms with Crippen LogP contribution in [0.1, 0.15) is 23.2 Å². The van der Waals surface area contributed by atoms with E-state index in [-0.39, 0.29) is 11.9 Å². The lowest BCUT2D eigenvalue weighted by Gasteiger charge is -2.07. The Morgan fingerprint density at radius 3 is 2.40 bits per heavy atom. The third-order valence-electron chi connectivity index (χ3n) is 4.52. The van der Waals surface area contributed by atoms with Gasteiger partial charge in [-0.2, -0.15) is 0 Å². The maximum Gasteiger partial charge on any atom is 0.325 e. The summed E-state index contributed by atoms with van der Waals surface area (Å²) in [6, 6.07) is 12.5. The number of nitrogens with one attached hydrogen (secondary N) is 3. The molecule has 0 atom stereocenters. The second-order valence-electron chi connectivity index (χ2n) is 6.80. The summed E-state index contributed by atoms with van der Waals surface area (Å²) in [7, 11) is 1.59. The van der Waals surface area contributed by atoms with Crippen LogP contribution in [0.3, 0.4) is 0 Å². The SMILES string of the molecule is COc1ccc(NC(=O)Nc2nc(CCC(=O)Nc3ccc(C)c(C)c3)cs2)cc1. The number of benzene rings is 2. The molecule has 0 unspecified atom stereocenters. The molecule has 0 aliphatic carbocycles. The van der Waals surface area contributed by atoms with Crippen molar-refractivity contribution in [1.29, 1.82) is 0 Å². The Bertz CT molecular complexity index is 1030. The summed E-state index contributed by atoms with van der Waals surface area (Å²) in [4.78, 5) is 28.7. The molecular weight excluding hydrogens is 400 g/mol. The minimum Gasteiger partial charge on any atom is -0.497 e. The van der Waals surface area contributed by atoms with Gasteiger partial charge >= 0.3 is 6.03 Å². The third kappa shape index (κ3) is 6.05. The molecule has 3 N–H and O–H groups in total. The lowest BCUT2D eigenvalue weighted by molar-refractivity contribution is -0.116. The summed E-state index contributed by atoms with van der Waals surface area (Å²) in [5.74, 6) is 0.644. The number of rotatable bonds is 7. The number of methoxy groups -OCH3 is 1. The highest BCUT2D eigenvalue weighted by atomic mass is 32.1. The molecule has 3 amide bonds. The molecule has 30 heavy (non-hydrogen) atoms. The Labute approximate surface area is 179 Å². The zero-order valence-electron chi connectivity index (χ0n) is 17.1. The van der Waals surface area contributed by atoms with Gasteiger partial charge in [0.1, 0.15) is 5.75 Å². The predicted molar refractivity (Wildman–Crippen MR) is 121 cm³/mol. The van der Waals surface area contributed by atoms with Crippen LogP contribution in [-0.4, -0.2) is 24.0 Å².